The first-order valence-corrected chi connectivity index (χ1v) is 4.20. The van der Waals surface area contributed by atoms with Crippen LogP contribution in [0.5, 0.6) is 0 Å². The minimum atomic E-state index is -0.148. The van der Waals surface area contributed by atoms with Crippen molar-refractivity contribution < 1.29 is 4.42 Å². The fraction of sp³-hybridized carbons (Fsp3) is 0. The Labute approximate surface area is 78.2 Å². The van der Waals surface area contributed by atoms with Gasteiger partial charge in [-0.1, -0.05) is 18.2 Å². The highest BCUT2D eigenvalue weighted by atomic mass is 16.3. The number of oxazole rings is 1. The summed E-state index contributed by atoms with van der Waals surface area (Å²) in [6.45, 7) is 0. The van der Waals surface area contributed by atoms with Crippen molar-refractivity contribution in [2.75, 3.05) is 0 Å². The van der Waals surface area contributed by atoms with Gasteiger partial charge in [-0.25, -0.2) is 4.98 Å². The lowest BCUT2D eigenvalue weighted by atomic mass is 10.1. The van der Waals surface area contributed by atoms with Gasteiger partial charge in [0.15, 0.2) is 6.39 Å². The summed E-state index contributed by atoms with van der Waals surface area (Å²) in [4.78, 5) is 18.2. The van der Waals surface area contributed by atoms with Crippen molar-refractivity contribution in [1.29, 1.82) is 0 Å². The molecule has 4 nitrogen and oxygen atoms in total. The lowest BCUT2D eigenvalue weighted by Crippen LogP contribution is -2.05. The molecule has 0 saturated heterocycles. The summed E-state index contributed by atoms with van der Waals surface area (Å²) < 4.78 is 5.04. The van der Waals surface area contributed by atoms with E-state index in [4.69, 9.17) is 4.42 Å². The summed E-state index contributed by atoms with van der Waals surface area (Å²) in [5.74, 6) is 0. The van der Waals surface area contributed by atoms with E-state index >= 15 is 0 Å². The number of hydrogen-bond donors (Lipinski definition) is 1. The zero-order chi connectivity index (χ0) is 9.54. The normalized spacial score (nSPS) is 11.1. The Kier molecular flexibility index (Phi) is 1.28. The van der Waals surface area contributed by atoms with Gasteiger partial charge in [0.05, 0.1) is 0 Å². The van der Waals surface area contributed by atoms with E-state index in [-0.39, 0.29) is 5.56 Å². The lowest BCUT2D eigenvalue weighted by molar-refractivity contribution is 0.590. The van der Waals surface area contributed by atoms with Gasteiger partial charge in [0.25, 0.3) is 5.56 Å². The maximum atomic E-state index is 11.5. The number of rotatable bonds is 0. The van der Waals surface area contributed by atoms with Gasteiger partial charge >= 0.3 is 0 Å². The van der Waals surface area contributed by atoms with E-state index in [0.29, 0.717) is 16.6 Å². The van der Waals surface area contributed by atoms with Crippen LogP contribution < -0.4 is 5.56 Å². The van der Waals surface area contributed by atoms with Crippen LogP contribution in [-0.2, 0) is 0 Å². The van der Waals surface area contributed by atoms with Gasteiger partial charge in [-0.15, -0.1) is 0 Å². The maximum absolute atomic E-state index is 11.5. The second-order valence-corrected chi connectivity index (χ2v) is 3.03. The molecule has 68 valence electrons. The van der Waals surface area contributed by atoms with E-state index in [1.807, 2.05) is 18.2 Å². The van der Waals surface area contributed by atoms with E-state index in [2.05, 4.69) is 9.97 Å². The molecule has 2 aromatic heterocycles. The van der Waals surface area contributed by atoms with Gasteiger partial charge < -0.3 is 4.42 Å². The summed E-state index contributed by atoms with van der Waals surface area (Å²) in [6, 6.07) is 7.32. The minimum Gasteiger partial charge on any atom is -0.427 e. The van der Waals surface area contributed by atoms with Crippen LogP contribution in [0.15, 0.2) is 39.9 Å². The average molecular weight is 186 g/mol. The molecule has 0 unspecified atom stereocenters. The van der Waals surface area contributed by atoms with Crippen LogP contribution >= 0.6 is 0 Å². The van der Waals surface area contributed by atoms with Gasteiger partial charge in [-0.2, -0.15) is 0 Å². The molecule has 1 aromatic carbocycles. The molecule has 2 heterocycles. The third kappa shape index (κ3) is 0.821. The first kappa shape index (κ1) is 7.32. The van der Waals surface area contributed by atoms with Crippen molar-refractivity contribution in [2.24, 2.45) is 0 Å². The van der Waals surface area contributed by atoms with Crippen LogP contribution in [0.2, 0.25) is 0 Å². The van der Waals surface area contributed by atoms with Gasteiger partial charge in [0.2, 0.25) is 5.71 Å². The number of benzene rings is 1. The molecule has 0 spiro atoms. The number of nitrogens with one attached hydrogen (secondary N) is 1. The molecule has 0 radical (unpaired) electrons. The van der Waals surface area contributed by atoms with E-state index in [9.17, 15) is 4.79 Å². The number of hydrogen-bond acceptors (Lipinski definition) is 3. The molecule has 0 amide bonds. The molecule has 1 N–H and O–H groups in total. The summed E-state index contributed by atoms with van der Waals surface area (Å²) in [7, 11) is 0. The predicted molar refractivity (Wildman–Crippen MR) is 52.1 cm³/mol. The largest absolute Gasteiger partial charge is 0.427 e. The SMILES string of the molecule is O=c1[nH]c2ocnc2c2ccccc12. The zero-order valence-corrected chi connectivity index (χ0v) is 7.15. The minimum absolute atomic E-state index is 0.148. The fourth-order valence-corrected chi connectivity index (χ4v) is 1.58. The smallest absolute Gasteiger partial charge is 0.258 e. The highest BCUT2D eigenvalue weighted by Crippen LogP contribution is 2.18. The highest BCUT2D eigenvalue weighted by Gasteiger charge is 2.06. The molecule has 3 aromatic rings. The predicted octanol–water partition coefficient (Wildman–Crippen LogP) is 1.67. The first-order chi connectivity index (χ1) is 6.86. The van der Waals surface area contributed by atoms with Gasteiger partial charge in [-0.3, -0.25) is 9.78 Å². The van der Waals surface area contributed by atoms with Crippen molar-refractivity contribution >= 4 is 22.0 Å². The second-order valence-electron chi connectivity index (χ2n) is 3.03. The van der Waals surface area contributed by atoms with Gasteiger partial charge in [0.1, 0.15) is 5.52 Å². The number of fused-ring (bicyclic) bond motifs is 3. The molecular formula is C10H6N2O2. The Balaban J connectivity index is 2.74. The van der Waals surface area contributed by atoms with Crippen molar-refractivity contribution in [2.45, 2.75) is 0 Å². The van der Waals surface area contributed by atoms with Crippen LogP contribution in [0.3, 0.4) is 0 Å². The number of nitrogens with zero attached hydrogens (tertiary/aromatic N) is 1. The van der Waals surface area contributed by atoms with E-state index in [1.165, 1.54) is 6.39 Å². The average Bonchev–Trinajstić information content (AvgIpc) is 2.66. The molecule has 0 aliphatic carbocycles. The third-order valence-electron chi connectivity index (χ3n) is 2.22. The molecule has 0 aliphatic rings. The van der Waals surface area contributed by atoms with Crippen molar-refractivity contribution in [1.82, 2.24) is 9.97 Å². The number of aromatic amines is 1. The molecule has 0 bridgehead atoms. The summed E-state index contributed by atoms with van der Waals surface area (Å²) >= 11 is 0. The standard InChI is InChI=1S/C10H6N2O2/c13-9-7-4-2-1-3-6(7)8-10(12-9)14-5-11-8/h1-5H,(H,12,13). The van der Waals surface area contributed by atoms with E-state index in [1.54, 1.807) is 6.07 Å². The van der Waals surface area contributed by atoms with Gasteiger partial charge in [0, 0.05) is 10.8 Å². The Morgan fingerprint density at radius 3 is 2.86 bits per heavy atom. The Morgan fingerprint density at radius 2 is 2.00 bits per heavy atom. The Morgan fingerprint density at radius 1 is 1.21 bits per heavy atom. The highest BCUT2D eigenvalue weighted by molar-refractivity contribution is 6.00. The topological polar surface area (TPSA) is 58.9 Å². The molecular weight excluding hydrogens is 180 g/mol. The fourth-order valence-electron chi connectivity index (χ4n) is 1.58. The van der Waals surface area contributed by atoms with E-state index < -0.39 is 0 Å². The monoisotopic (exact) mass is 186 g/mol. The number of pyridine rings is 1. The Bertz CT molecular complexity index is 666. The molecule has 0 saturated carbocycles. The Hall–Kier alpha value is -2.10. The lowest BCUT2D eigenvalue weighted by Gasteiger charge is -1.95. The van der Waals surface area contributed by atoms with Crippen LogP contribution in [0.4, 0.5) is 0 Å². The van der Waals surface area contributed by atoms with Crippen molar-refractivity contribution in [3.8, 4) is 0 Å². The van der Waals surface area contributed by atoms with Crippen LogP contribution in [-0.4, -0.2) is 9.97 Å². The van der Waals surface area contributed by atoms with Crippen molar-refractivity contribution in [3.63, 3.8) is 0 Å². The maximum Gasteiger partial charge on any atom is 0.258 e. The third-order valence-corrected chi connectivity index (χ3v) is 2.22. The number of H-pyrrole nitrogens is 1. The molecule has 0 aliphatic heterocycles. The second kappa shape index (κ2) is 2.45. The van der Waals surface area contributed by atoms with E-state index in [0.717, 1.165) is 5.39 Å². The molecule has 14 heavy (non-hydrogen) atoms. The summed E-state index contributed by atoms with van der Waals surface area (Å²) in [6.07, 6.45) is 1.33. The van der Waals surface area contributed by atoms with Crippen LogP contribution in [0.1, 0.15) is 0 Å². The summed E-state index contributed by atoms with van der Waals surface area (Å²) in [5.41, 5.74) is 0.971. The first-order valence-electron chi connectivity index (χ1n) is 4.20. The van der Waals surface area contributed by atoms with Crippen LogP contribution in [0.25, 0.3) is 22.0 Å². The molecule has 3 rings (SSSR count). The number of aromatic nitrogens is 2. The van der Waals surface area contributed by atoms with Crippen molar-refractivity contribution in [3.05, 3.63) is 41.0 Å². The summed E-state index contributed by atoms with van der Waals surface area (Å²) in [5, 5.41) is 1.45. The molecule has 0 fully saturated rings. The zero-order valence-electron chi connectivity index (χ0n) is 7.15. The molecule has 0 atom stereocenters. The quantitative estimate of drug-likeness (QED) is 0.581. The van der Waals surface area contributed by atoms with Crippen LogP contribution in [0, 0.1) is 0 Å². The molecule has 4 heteroatoms. The van der Waals surface area contributed by atoms with Gasteiger partial charge in [-0.05, 0) is 6.07 Å².